The van der Waals surface area contributed by atoms with Gasteiger partial charge in [-0.2, -0.15) is 0 Å². The summed E-state index contributed by atoms with van der Waals surface area (Å²) in [5, 5.41) is 0. The van der Waals surface area contributed by atoms with Gasteiger partial charge >= 0.3 is 0 Å². The Balaban J connectivity index is 0.00000144. The van der Waals surface area contributed by atoms with Gasteiger partial charge in [-0.05, 0) is 38.3 Å². The monoisotopic (exact) mass is 255 g/mol. The fourth-order valence-corrected chi connectivity index (χ4v) is 2.08. The van der Waals surface area contributed by atoms with Crippen LogP contribution >= 0.6 is 12.4 Å². The number of aromatic nitrogens is 1. The van der Waals surface area contributed by atoms with Crippen LogP contribution in [0.3, 0.4) is 0 Å². The van der Waals surface area contributed by atoms with Gasteiger partial charge < -0.3 is 10.6 Å². The Morgan fingerprint density at radius 2 is 2.24 bits per heavy atom. The van der Waals surface area contributed by atoms with E-state index in [1.54, 1.807) is 12.1 Å². The van der Waals surface area contributed by atoms with Crippen molar-refractivity contribution in [1.29, 1.82) is 0 Å². The van der Waals surface area contributed by atoms with Gasteiger partial charge in [0.15, 0.2) is 0 Å². The van der Waals surface area contributed by atoms with E-state index in [-0.39, 0.29) is 18.3 Å². The second-order valence-electron chi connectivity index (χ2n) is 4.32. The molecule has 1 aromatic rings. The molecule has 2 heterocycles. The van der Waals surface area contributed by atoms with Crippen molar-refractivity contribution < 1.29 is 4.79 Å². The molecular weight excluding hydrogens is 238 g/mol. The van der Waals surface area contributed by atoms with Gasteiger partial charge in [-0.15, -0.1) is 12.4 Å². The van der Waals surface area contributed by atoms with Crippen LogP contribution in [0.25, 0.3) is 0 Å². The Morgan fingerprint density at radius 3 is 2.82 bits per heavy atom. The van der Waals surface area contributed by atoms with E-state index in [1.807, 2.05) is 4.90 Å². The molecule has 0 spiro atoms. The minimum atomic E-state index is 0. The van der Waals surface area contributed by atoms with E-state index >= 15 is 0 Å². The average Bonchev–Trinajstić information content (AvgIpc) is 2.30. The second-order valence-corrected chi connectivity index (χ2v) is 4.32. The molecule has 1 aromatic heterocycles. The zero-order valence-electron chi connectivity index (χ0n) is 9.93. The SMILES string of the molecule is CC1CCCCN1C(=O)c1ccc(N)cn1.Cl. The van der Waals surface area contributed by atoms with Crippen LogP contribution in [0, 0.1) is 0 Å². The van der Waals surface area contributed by atoms with Crippen molar-refractivity contribution in [2.75, 3.05) is 12.3 Å². The van der Waals surface area contributed by atoms with Crippen LogP contribution < -0.4 is 5.73 Å². The highest BCUT2D eigenvalue weighted by atomic mass is 35.5. The zero-order chi connectivity index (χ0) is 11.5. The number of carbonyl (C=O) groups is 1. The first-order chi connectivity index (χ1) is 7.68. The Hall–Kier alpha value is -1.29. The minimum absolute atomic E-state index is 0. The first kappa shape index (κ1) is 13.8. The molecule has 5 heteroatoms. The van der Waals surface area contributed by atoms with Crippen molar-refractivity contribution in [3.05, 3.63) is 24.0 Å². The molecule has 1 unspecified atom stereocenters. The maximum atomic E-state index is 12.1. The smallest absolute Gasteiger partial charge is 0.272 e. The molecule has 1 atom stereocenters. The van der Waals surface area contributed by atoms with Crippen LogP contribution in [0.1, 0.15) is 36.7 Å². The lowest BCUT2D eigenvalue weighted by Gasteiger charge is -2.33. The van der Waals surface area contributed by atoms with Crippen LogP contribution in [0.5, 0.6) is 0 Å². The summed E-state index contributed by atoms with van der Waals surface area (Å²) in [4.78, 5) is 18.1. The topological polar surface area (TPSA) is 59.2 Å². The quantitative estimate of drug-likeness (QED) is 0.836. The maximum absolute atomic E-state index is 12.1. The lowest BCUT2D eigenvalue weighted by molar-refractivity contribution is 0.0629. The highest BCUT2D eigenvalue weighted by Gasteiger charge is 2.24. The summed E-state index contributed by atoms with van der Waals surface area (Å²) in [6.45, 7) is 2.93. The molecule has 1 aliphatic heterocycles. The van der Waals surface area contributed by atoms with Gasteiger partial charge in [0.05, 0.1) is 11.9 Å². The van der Waals surface area contributed by atoms with Crippen LogP contribution in [0.2, 0.25) is 0 Å². The highest BCUT2D eigenvalue weighted by Crippen LogP contribution is 2.18. The van der Waals surface area contributed by atoms with E-state index in [9.17, 15) is 4.79 Å². The van der Waals surface area contributed by atoms with Gasteiger partial charge in [-0.1, -0.05) is 0 Å². The van der Waals surface area contributed by atoms with Gasteiger partial charge in [0.2, 0.25) is 0 Å². The fourth-order valence-electron chi connectivity index (χ4n) is 2.08. The summed E-state index contributed by atoms with van der Waals surface area (Å²) in [5.74, 6) is 0.0206. The van der Waals surface area contributed by atoms with Crippen LogP contribution in [0.4, 0.5) is 5.69 Å². The number of amides is 1. The lowest BCUT2D eigenvalue weighted by atomic mass is 10.0. The maximum Gasteiger partial charge on any atom is 0.272 e. The molecule has 4 nitrogen and oxygen atoms in total. The molecule has 2 rings (SSSR count). The predicted octanol–water partition coefficient (Wildman–Crippen LogP) is 2.10. The summed E-state index contributed by atoms with van der Waals surface area (Å²) in [6.07, 6.45) is 4.91. The van der Waals surface area contributed by atoms with E-state index in [1.165, 1.54) is 12.6 Å². The standard InChI is InChI=1S/C12H17N3O.ClH/c1-9-4-2-3-7-15(9)12(16)11-6-5-10(13)8-14-11;/h5-6,8-9H,2-4,7,13H2,1H3;1H. The van der Waals surface area contributed by atoms with E-state index in [0.717, 1.165) is 19.4 Å². The van der Waals surface area contributed by atoms with Crippen molar-refractivity contribution in [1.82, 2.24) is 9.88 Å². The Morgan fingerprint density at radius 1 is 1.47 bits per heavy atom. The summed E-state index contributed by atoms with van der Waals surface area (Å²) in [7, 11) is 0. The Labute approximate surface area is 108 Å². The summed E-state index contributed by atoms with van der Waals surface area (Å²) in [6, 6.07) is 3.73. The molecule has 1 aliphatic rings. The van der Waals surface area contributed by atoms with E-state index < -0.39 is 0 Å². The number of carbonyl (C=O) groups excluding carboxylic acids is 1. The molecule has 17 heavy (non-hydrogen) atoms. The molecule has 94 valence electrons. The number of nitrogens with two attached hydrogens (primary N) is 1. The second kappa shape index (κ2) is 5.87. The number of hydrogen-bond acceptors (Lipinski definition) is 3. The van der Waals surface area contributed by atoms with Crippen LogP contribution in [0.15, 0.2) is 18.3 Å². The molecule has 1 fully saturated rings. The Kier molecular flexibility index (Phi) is 4.75. The molecule has 0 saturated carbocycles. The van der Waals surface area contributed by atoms with Crippen LogP contribution in [-0.4, -0.2) is 28.4 Å². The van der Waals surface area contributed by atoms with E-state index in [0.29, 0.717) is 17.4 Å². The number of nitrogens with zero attached hydrogens (tertiary/aromatic N) is 2. The molecule has 0 radical (unpaired) electrons. The largest absolute Gasteiger partial charge is 0.397 e. The number of piperidine rings is 1. The molecule has 0 aromatic carbocycles. The van der Waals surface area contributed by atoms with Crippen molar-refractivity contribution in [3.63, 3.8) is 0 Å². The number of halogens is 1. The minimum Gasteiger partial charge on any atom is -0.397 e. The lowest BCUT2D eigenvalue weighted by Crippen LogP contribution is -2.42. The third kappa shape index (κ3) is 3.09. The number of nitrogen functional groups attached to an aromatic ring is 1. The van der Waals surface area contributed by atoms with Gasteiger partial charge in [-0.3, -0.25) is 4.79 Å². The predicted molar refractivity (Wildman–Crippen MR) is 70.2 cm³/mol. The molecule has 0 aliphatic carbocycles. The molecule has 2 N–H and O–H groups in total. The number of hydrogen-bond donors (Lipinski definition) is 1. The molecule has 0 bridgehead atoms. The first-order valence-corrected chi connectivity index (χ1v) is 5.71. The summed E-state index contributed by atoms with van der Waals surface area (Å²) < 4.78 is 0. The highest BCUT2D eigenvalue weighted by molar-refractivity contribution is 5.92. The summed E-state index contributed by atoms with van der Waals surface area (Å²) in [5.41, 5.74) is 6.62. The third-order valence-corrected chi connectivity index (χ3v) is 3.07. The van der Waals surface area contributed by atoms with Gasteiger partial charge in [0, 0.05) is 12.6 Å². The van der Waals surface area contributed by atoms with E-state index in [4.69, 9.17) is 5.73 Å². The van der Waals surface area contributed by atoms with E-state index in [2.05, 4.69) is 11.9 Å². The number of rotatable bonds is 1. The third-order valence-electron chi connectivity index (χ3n) is 3.07. The normalized spacial score (nSPS) is 19.6. The molecule has 1 saturated heterocycles. The van der Waals surface area contributed by atoms with Crippen molar-refractivity contribution >= 4 is 24.0 Å². The van der Waals surface area contributed by atoms with Crippen molar-refractivity contribution in [2.24, 2.45) is 0 Å². The zero-order valence-corrected chi connectivity index (χ0v) is 10.7. The average molecular weight is 256 g/mol. The Bertz CT molecular complexity index is 380. The van der Waals surface area contributed by atoms with Gasteiger partial charge in [0.25, 0.3) is 5.91 Å². The van der Waals surface area contributed by atoms with Gasteiger partial charge in [0.1, 0.15) is 5.69 Å². The number of likely N-dealkylation sites (tertiary alicyclic amines) is 1. The fraction of sp³-hybridized carbons (Fsp3) is 0.500. The molecule has 1 amide bonds. The van der Waals surface area contributed by atoms with Crippen LogP contribution in [-0.2, 0) is 0 Å². The summed E-state index contributed by atoms with van der Waals surface area (Å²) >= 11 is 0. The first-order valence-electron chi connectivity index (χ1n) is 5.71. The number of pyridine rings is 1. The van der Waals surface area contributed by atoms with Crippen molar-refractivity contribution in [2.45, 2.75) is 32.2 Å². The van der Waals surface area contributed by atoms with Gasteiger partial charge in [-0.25, -0.2) is 4.98 Å². The van der Waals surface area contributed by atoms with Crippen molar-refractivity contribution in [3.8, 4) is 0 Å². The molecular formula is C12H18ClN3O. The number of anilines is 1.